The number of rotatable bonds is 7. The Labute approximate surface area is 210 Å². The van der Waals surface area contributed by atoms with Crippen LogP contribution in [0.25, 0.3) is 5.69 Å². The summed E-state index contributed by atoms with van der Waals surface area (Å²) < 4.78 is 1.98. The van der Waals surface area contributed by atoms with E-state index >= 15 is 0 Å². The Kier molecular flexibility index (Phi) is 7.87. The molecular weight excluding hydrogens is 460 g/mol. The fraction of sp³-hybridized carbons (Fsp3) is 0.385. The molecule has 2 aromatic carbocycles. The van der Waals surface area contributed by atoms with Crippen LogP contribution in [0, 0.1) is 27.7 Å². The van der Waals surface area contributed by atoms with Crippen molar-refractivity contribution in [2.45, 2.75) is 32.9 Å². The summed E-state index contributed by atoms with van der Waals surface area (Å²) in [4.78, 5) is 29.4. The summed E-state index contributed by atoms with van der Waals surface area (Å²) in [5.41, 5.74) is 5.17. The van der Waals surface area contributed by atoms with Crippen LogP contribution in [0.5, 0.6) is 0 Å². The lowest BCUT2D eigenvalue weighted by Crippen LogP contribution is -2.51. The van der Waals surface area contributed by atoms with Gasteiger partial charge in [-0.05, 0) is 51.0 Å². The molecule has 0 aliphatic carbocycles. The predicted octanol–water partition coefficient (Wildman–Crippen LogP) is 3.38. The van der Waals surface area contributed by atoms with Crippen molar-refractivity contribution in [3.8, 4) is 5.69 Å². The SMILES string of the molecule is Cc1ccc(-n2c(C)nnc2SCC(=O)N2CCN(CC(=O)Nc3c(C)cccc3C)CC2)cc1. The van der Waals surface area contributed by atoms with E-state index in [1.165, 1.54) is 17.3 Å². The highest BCUT2D eigenvalue weighted by Crippen LogP contribution is 2.23. The van der Waals surface area contributed by atoms with Gasteiger partial charge in [0, 0.05) is 37.6 Å². The third-order valence-corrected chi connectivity index (χ3v) is 7.16. The summed E-state index contributed by atoms with van der Waals surface area (Å²) >= 11 is 1.40. The number of amides is 2. The van der Waals surface area contributed by atoms with E-state index in [-0.39, 0.29) is 11.8 Å². The maximum absolute atomic E-state index is 12.9. The molecule has 1 fully saturated rings. The molecule has 4 rings (SSSR count). The van der Waals surface area contributed by atoms with Crippen LogP contribution >= 0.6 is 11.8 Å². The molecule has 1 saturated heterocycles. The van der Waals surface area contributed by atoms with Crippen LogP contribution < -0.4 is 5.32 Å². The molecule has 0 bridgehead atoms. The summed E-state index contributed by atoms with van der Waals surface area (Å²) in [6.45, 7) is 10.8. The Balaban J connectivity index is 1.26. The van der Waals surface area contributed by atoms with Crippen molar-refractivity contribution >= 4 is 29.3 Å². The Bertz CT molecular complexity index is 1180. The molecule has 2 amide bonds. The standard InChI is InChI=1S/C26H32N6O2S/c1-18-8-10-22(11-9-18)32-21(4)28-29-26(32)35-17-24(34)31-14-12-30(13-15-31)16-23(33)27-25-19(2)6-5-7-20(25)3/h5-11H,12-17H2,1-4H3,(H,27,33). The smallest absolute Gasteiger partial charge is 0.238 e. The van der Waals surface area contributed by atoms with Crippen molar-refractivity contribution in [3.63, 3.8) is 0 Å². The first-order valence-corrected chi connectivity index (χ1v) is 12.8. The molecule has 1 aliphatic rings. The Morgan fingerprint density at radius 3 is 2.23 bits per heavy atom. The van der Waals surface area contributed by atoms with Crippen molar-refractivity contribution in [3.05, 3.63) is 65.0 Å². The normalized spacial score (nSPS) is 14.2. The maximum Gasteiger partial charge on any atom is 0.238 e. The lowest BCUT2D eigenvalue weighted by Gasteiger charge is -2.34. The largest absolute Gasteiger partial charge is 0.339 e. The number of thioether (sulfide) groups is 1. The second-order valence-corrected chi connectivity index (χ2v) is 9.90. The predicted molar refractivity (Wildman–Crippen MR) is 139 cm³/mol. The number of carbonyl (C=O) groups excluding carboxylic acids is 2. The van der Waals surface area contributed by atoms with Crippen LogP contribution in [0.15, 0.2) is 47.6 Å². The zero-order chi connectivity index (χ0) is 24.9. The molecule has 2 heterocycles. The highest BCUT2D eigenvalue weighted by molar-refractivity contribution is 7.99. The van der Waals surface area contributed by atoms with Crippen molar-refractivity contribution in [1.29, 1.82) is 0 Å². The Morgan fingerprint density at radius 1 is 0.914 bits per heavy atom. The zero-order valence-electron chi connectivity index (χ0n) is 20.7. The van der Waals surface area contributed by atoms with Gasteiger partial charge in [0.15, 0.2) is 5.16 Å². The molecule has 9 heteroatoms. The van der Waals surface area contributed by atoms with Gasteiger partial charge in [-0.1, -0.05) is 47.7 Å². The molecule has 1 aromatic heterocycles. The average molecular weight is 493 g/mol. The second-order valence-electron chi connectivity index (χ2n) is 8.96. The molecule has 8 nitrogen and oxygen atoms in total. The molecule has 0 saturated carbocycles. The molecule has 35 heavy (non-hydrogen) atoms. The number of para-hydroxylation sites is 1. The van der Waals surface area contributed by atoms with Gasteiger partial charge in [0.2, 0.25) is 11.8 Å². The fourth-order valence-corrected chi connectivity index (χ4v) is 5.09. The topological polar surface area (TPSA) is 83.4 Å². The highest BCUT2D eigenvalue weighted by Gasteiger charge is 2.23. The van der Waals surface area contributed by atoms with Crippen molar-refractivity contribution in [2.24, 2.45) is 0 Å². The summed E-state index contributed by atoms with van der Waals surface area (Å²) in [6, 6.07) is 14.2. The van der Waals surface area contributed by atoms with Gasteiger partial charge in [-0.15, -0.1) is 10.2 Å². The maximum atomic E-state index is 12.9. The molecule has 184 valence electrons. The van der Waals surface area contributed by atoms with Gasteiger partial charge < -0.3 is 10.2 Å². The highest BCUT2D eigenvalue weighted by atomic mass is 32.2. The van der Waals surface area contributed by atoms with Crippen LogP contribution in [-0.4, -0.2) is 74.9 Å². The van der Waals surface area contributed by atoms with Gasteiger partial charge in [-0.3, -0.25) is 19.1 Å². The number of aromatic nitrogens is 3. The number of piperazine rings is 1. The van der Waals surface area contributed by atoms with E-state index in [1.54, 1.807) is 0 Å². The fourth-order valence-electron chi connectivity index (χ4n) is 4.19. The zero-order valence-corrected chi connectivity index (χ0v) is 21.6. The first-order chi connectivity index (χ1) is 16.8. The number of hydrogen-bond acceptors (Lipinski definition) is 6. The quantitative estimate of drug-likeness (QED) is 0.509. The van der Waals surface area contributed by atoms with E-state index in [9.17, 15) is 9.59 Å². The van der Waals surface area contributed by atoms with Crippen LogP contribution in [0.1, 0.15) is 22.5 Å². The molecule has 1 aliphatic heterocycles. The summed E-state index contributed by atoms with van der Waals surface area (Å²) in [6.07, 6.45) is 0. The molecular formula is C26H32N6O2S. The Morgan fingerprint density at radius 2 is 1.57 bits per heavy atom. The summed E-state index contributed by atoms with van der Waals surface area (Å²) in [5, 5.41) is 12.2. The molecule has 0 radical (unpaired) electrons. The molecule has 0 atom stereocenters. The van der Waals surface area contributed by atoms with Crippen LogP contribution in [-0.2, 0) is 9.59 Å². The number of nitrogens with zero attached hydrogens (tertiary/aromatic N) is 5. The van der Waals surface area contributed by atoms with Gasteiger partial charge in [0.25, 0.3) is 0 Å². The Hall–Kier alpha value is -3.17. The number of benzene rings is 2. The number of aryl methyl sites for hydroxylation is 4. The lowest BCUT2D eigenvalue weighted by molar-refractivity contribution is -0.130. The van der Waals surface area contributed by atoms with E-state index in [0.29, 0.717) is 43.6 Å². The number of hydrogen-bond donors (Lipinski definition) is 1. The van der Waals surface area contributed by atoms with Crippen molar-refractivity contribution < 1.29 is 9.59 Å². The summed E-state index contributed by atoms with van der Waals surface area (Å²) in [7, 11) is 0. The first kappa shape index (κ1) is 24.9. The van der Waals surface area contributed by atoms with Gasteiger partial charge >= 0.3 is 0 Å². The van der Waals surface area contributed by atoms with E-state index in [1.807, 2.05) is 60.6 Å². The summed E-state index contributed by atoms with van der Waals surface area (Å²) in [5.74, 6) is 1.14. The van der Waals surface area contributed by atoms with Gasteiger partial charge in [0.05, 0.1) is 12.3 Å². The van der Waals surface area contributed by atoms with Crippen molar-refractivity contribution in [2.75, 3.05) is 43.8 Å². The molecule has 0 unspecified atom stereocenters. The molecule has 1 N–H and O–H groups in total. The van der Waals surface area contributed by atoms with Gasteiger partial charge in [0.1, 0.15) is 5.82 Å². The van der Waals surface area contributed by atoms with E-state index in [2.05, 4.69) is 39.5 Å². The second kappa shape index (κ2) is 11.0. The van der Waals surface area contributed by atoms with Gasteiger partial charge in [-0.2, -0.15) is 0 Å². The number of nitrogens with one attached hydrogen (secondary N) is 1. The molecule has 0 spiro atoms. The minimum Gasteiger partial charge on any atom is -0.339 e. The van der Waals surface area contributed by atoms with E-state index in [4.69, 9.17) is 0 Å². The third kappa shape index (κ3) is 6.10. The number of anilines is 1. The molecule has 3 aromatic rings. The van der Waals surface area contributed by atoms with E-state index < -0.39 is 0 Å². The number of carbonyl (C=O) groups is 2. The average Bonchev–Trinajstić information content (AvgIpc) is 3.21. The third-order valence-electron chi connectivity index (χ3n) is 6.25. The first-order valence-electron chi connectivity index (χ1n) is 11.8. The monoisotopic (exact) mass is 492 g/mol. The van der Waals surface area contributed by atoms with Gasteiger partial charge in [-0.25, -0.2) is 0 Å². The van der Waals surface area contributed by atoms with Crippen LogP contribution in [0.3, 0.4) is 0 Å². The minimum atomic E-state index is -0.0245. The minimum absolute atomic E-state index is 0.0245. The van der Waals surface area contributed by atoms with Crippen LogP contribution in [0.2, 0.25) is 0 Å². The lowest BCUT2D eigenvalue weighted by atomic mass is 10.1. The van der Waals surface area contributed by atoms with E-state index in [0.717, 1.165) is 28.3 Å². The van der Waals surface area contributed by atoms with Crippen LogP contribution in [0.4, 0.5) is 5.69 Å². The van der Waals surface area contributed by atoms with Crippen molar-refractivity contribution in [1.82, 2.24) is 24.6 Å².